The summed E-state index contributed by atoms with van der Waals surface area (Å²) < 4.78 is 14.5. The topological polar surface area (TPSA) is 218 Å². The van der Waals surface area contributed by atoms with Gasteiger partial charge in [0.2, 0.25) is 0 Å². The van der Waals surface area contributed by atoms with E-state index >= 15 is 0 Å². The molecular weight excluding hydrogens is 524 g/mol. The number of carbonyl (C=O) groups is 5. The van der Waals surface area contributed by atoms with E-state index < -0.39 is 73.3 Å². The van der Waals surface area contributed by atoms with Crippen molar-refractivity contribution in [2.24, 2.45) is 0 Å². The molecule has 0 bridgehead atoms. The molecule has 1 aromatic carbocycles. The Balaban J connectivity index is 2.42. The quantitative estimate of drug-likeness (QED) is 0.0654. The van der Waals surface area contributed by atoms with Crippen molar-refractivity contribution in [1.29, 1.82) is 0 Å². The van der Waals surface area contributed by atoms with Crippen molar-refractivity contribution in [3.63, 3.8) is 0 Å². The first kappa shape index (κ1) is 32.9. The van der Waals surface area contributed by atoms with Crippen LogP contribution in [0.1, 0.15) is 48.5 Å². The van der Waals surface area contributed by atoms with E-state index in [1.165, 1.54) is 25.1 Å². The van der Waals surface area contributed by atoms with Crippen LogP contribution < -0.4 is 5.32 Å². The summed E-state index contributed by atoms with van der Waals surface area (Å²) in [7, 11) is 0. The molecule has 0 aliphatic carbocycles. The van der Waals surface area contributed by atoms with Gasteiger partial charge in [0, 0.05) is 12.8 Å². The van der Waals surface area contributed by atoms with Crippen LogP contribution in [-0.2, 0) is 44.6 Å². The van der Waals surface area contributed by atoms with E-state index in [2.05, 4.69) is 10.2 Å². The number of amides is 1. The highest BCUT2D eigenvalue weighted by Crippen LogP contribution is 2.12. The predicted molar refractivity (Wildman–Crippen MR) is 129 cm³/mol. The van der Waals surface area contributed by atoms with Crippen molar-refractivity contribution in [1.82, 2.24) is 5.32 Å². The minimum absolute atomic E-state index is 0.0101. The van der Waals surface area contributed by atoms with Crippen LogP contribution >= 0.6 is 0 Å². The highest BCUT2D eigenvalue weighted by molar-refractivity contribution is 5.95. The third-order valence-electron chi connectivity index (χ3n) is 5.07. The van der Waals surface area contributed by atoms with Gasteiger partial charge in [0.25, 0.3) is 11.0 Å². The minimum atomic E-state index is -1.29. The highest BCUT2D eigenvalue weighted by atomic mass is 16.9. The molecular formula is C24H32N2O13. The van der Waals surface area contributed by atoms with E-state index in [-0.39, 0.29) is 30.6 Å². The monoisotopic (exact) mass is 556 g/mol. The van der Waals surface area contributed by atoms with Crippen LogP contribution in [0.15, 0.2) is 24.3 Å². The largest absolute Gasteiger partial charge is 0.455 e. The fourth-order valence-electron chi connectivity index (χ4n) is 2.95. The molecule has 0 spiro atoms. The summed E-state index contributed by atoms with van der Waals surface area (Å²) in [5, 5.41) is 29.9. The van der Waals surface area contributed by atoms with Crippen LogP contribution in [0.2, 0.25) is 0 Å². The molecule has 15 nitrogen and oxygen atoms in total. The SMILES string of the molecule is CC(CO)(CO)NC(=O)COC(=O)c1ccccc1CC(=O)COC(=O)COC(=O)CCCCCO[N+](=O)[O-]. The zero-order valence-corrected chi connectivity index (χ0v) is 21.4. The summed E-state index contributed by atoms with van der Waals surface area (Å²) in [6.07, 6.45) is 0.935. The molecule has 3 N–H and O–H groups in total. The number of hydrogen-bond donors (Lipinski definition) is 3. The molecule has 0 aliphatic rings. The van der Waals surface area contributed by atoms with E-state index in [9.17, 15) is 44.3 Å². The van der Waals surface area contributed by atoms with Gasteiger partial charge in [0.15, 0.2) is 19.0 Å². The molecule has 1 rings (SSSR count). The van der Waals surface area contributed by atoms with E-state index in [0.29, 0.717) is 19.3 Å². The summed E-state index contributed by atoms with van der Waals surface area (Å²) in [6, 6.07) is 5.96. The van der Waals surface area contributed by atoms with Crippen LogP contribution in [0.5, 0.6) is 0 Å². The van der Waals surface area contributed by atoms with Gasteiger partial charge in [0.1, 0.15) is 6.61 Å². The molecule has 0 heterocycles. The normalized spacial score (nSPS) is 10.7. The number of nitrogens with zero attached hydrogens (tertiary/aromatic N) is 1. The van der Waals surface area contributed by atoms with Gasteiger partial charge in [-0.15, -0.1) is 10.1 Å². The molecule has 39 heavy (non-hydrogen) atoms. The highest BCUT2D eigenvalue weighted by Gasteiger charge is 2.25. The lowest BCUT2D eigenvalue weighted by Crippen LogP contribution is -2.52. The summed E-state index contributed by atoms with van der Waals surface area (Å²) in [5.74, 6) is -3.83. The number of aliphatic hydroxyl groups is 2. The van der Waals surface area contributed by atoms with E-state index in [4.69, 9.17) is 14.2 Å². The maximum atomic E-state index is 12.4. The second kappa shape index (κ2) is 17.4. The number of carbonyl (C=O) groups excluding carboxylic acids is 5. The second-order valence-corrected chi connectivity index (χ2v) is 8.56. The number of ketones is 1. The number of benzene rings is 1. The summed E-state index contributed by atoms with van der Waals surface area (Å²) >= 11 is 0. The number of aliphatic hydroxyl groups excluding tert-OH is 2. The van der Waals surface area contributed by atoms with Crippen LogP contribution in [0.25, 0.3) is 0 Å². The Morgan fingerprint density at radius 1 is 0.923 bits per heavy atom. The van der Waals surface area contributed by atoms with Crippen LogP contribution in [0.3, 0.4) is 0 Å². The van der Waals surface area contributed by atoms with Crippen molar-refractivity contribution < 1.29 is 58.3 Å². The van der Waals surface area contributed by atoms with Crippen LogP contribution in [0, 0.1) is 10.1 Å². The Kier molecular flexibility index (Phi) is 14.7. The molecule has 15 heteroatoms. The van der Waals surface area contributed by atoms with Gasteiger partial charge < -0.3 is 34.6 Å². The van der Waals surface area contributed by atoms with Gasteiger partial charge in [-0.1, -0.05) is 24.6 Å². The number of unbranched alkanes of at least 4 members (excludes halogenated alkanes) is 2. The van der Waals surface area contributed by atoms with E-state index in [0.717, 1.165) is 0 Å². The van der Waals surface area contributed by atoms with Crippen LogP contribution in [0.4, 0.5) is 0 Å². The fourth-order valence-corrected chi connectivity index (χ4v) is 2.95. The first-order valence-corrected chi connectivity index (χ1v) is 11.9. The molecule has 0 saturated heterocycles. The molecule has 0 aromatic heterocycles. The number of hydrogen-bond acceptors (Lipinski definition) is 13. The number of Topliss-reactive ketones (excluding diaryl/α,β-unsaturated/α-hetero) is 1. The van der Waals surface area contributed by atoms with Crippen molar-refractivity contribution in [2.45, 2.75) is 44.6 Å². The van der Waals surface area contributed by atoms with Gasteiger partial charge in [-0.3, -0.25) is 14.4 Å². The van der Waals surface area contributed by atoms with E-state index in [1.54, 1.807) is 6.07 Å². The standard InChI is InChI=1S/C24H32N2O13/c1-24(15-27,16-28)25-20(30)13-38-23(33)19-8-5-4-7-17(19)11-18(29)12-36-22(32)14-37-21(31)9-3-2-6-10-39-26(34)35/h4-5,7-8,27-28H,2-3,6,9-16H2,1H3,(H,25,30). The molecule has 1 aromatic rings. The maximum absolute atomic E-state index is 12.4. The predicted octanol–water partition coefficient (Wildman–Crippen LogP) is -0.330. The molecule has 0 saturated carbocycles. The zero-order valence-electron chi connectivity index (χ0n) is 21.4. The number of nitrogens with one attached hydrogen (secondary N) is 1. The molecule has 0 radical (unpaired) electrons. The first-order valence-electron chi connectivity index (χ1n) is 11.9. The molecule has 0 unspecified atom stereocenters. The van der Waals surface area contributed by atoms with Gasteiger partial charge in [-0.25, -0.2) is 9.59 Å². The Hall–Kier alpha value is -4.11. The fraction of sp³-hybridized carbons (Fsp3) is 0.542. The number of esters is 3. The lowest BCUT2D eigenvalue weighted by Gasteiger charge is -2.25. The minimum Gasteiger partial charge on any atom is -0.455 e. The molecule has 0 fully saturated rings. The summed E-state index contributed by atoms with van der Waals surface area (Å²) in [4.78, 5) is 74.3. The number of rotatable bonds is 19. The maximum Gasteiger partial charge on any atom is 0.344 e. The number of ether oxygens (including phenoxy) is 3. The van der Waals surface area contributed by atoms with Crippen molar-refractivity contribution in [3.8, 4) is 0 Å². The Morgan fingerprint density at radius 3 is 2.26 bits per heavy atom. The first-order chi connectivity index (χ1) is 18.5. The van der Waals surface area contributed by atoms with Crippen LogP contribution in [-0.4, -0.2) is 90.1 Å². The molecule has 1 amide bonds. The zero-order chi connectivity index (χ0) is 29.3. The molecule has 0 atom stereocenters. The van der Waals surface area contributed by atoms with Gasteiger partial charge in [-0.2, -0.15) is 0 Å². The third-order valence-corrected chi connectivity index (χ3v) is 5.07. The molecule has 0 aliphatic heterocycles. The van der Waals surface area contributed by atoms with Crippen molar-refractivity contribution >= 4 is 29.6 Å². The Labute approximate surface area is 223 Å². The average molecular weight is 557 g/mol. The molecule has 216 valence electrons. The van der Waals surface area contributed by atoms with E-state index in [1.807, 2.05) is 0 Å². The summed E-state index contributed by atoms with van der Waals surface area (Å²) in [5.41, 5.74) is -1.02. The third kappa shape index (κ3) is 13.8. The van der Waals surface area contributed by atoms with Gasteiger partial charge >= 0.3 is 17.9 Å². The lowest BCUT2D eigenvalue weighted by molar-refractivity contribution is -0.757. The van der Waals surface area contributed by atoms with Gasteiger partial charge in [0.05, 0.1) is 30.9 Å². The van der Waals surface area contributed by atoms with Crippen molar-refractivity contribution in [3.05, 3.63) is 45.5 Å². The average Bonchev–Trinajstić information content (AvgIpc) is 2.91. The Bertz CT molecular complexity index is 1010. The van der Waals surface area contributed by atoms with Crippen molar-refractivity contribution in [2.75, 3.05) is 39.6 Å². The second-order valence-electron chi connectivity index (χ2n) is 8.56. The smallest absolute Gasteiger partial charge is 0.344 e. The Morgan fingerprint density at radius 2 is 1.59 bits per heavy atom. The van der Waals surface area contributed by atoms with Gasteiger partial charge in [-0.05, 0) is 31.4 Å². The summed E-state index contributed by atoms with van der Waals surface area (Å²) in [6.45, 7) is -1.79. The lowest BCUT2D eigenvalue weighted by atomic mass is 10.0.